The summed E-state index contributed by atoms with van der Waals surface area (Å²) in [6, 6.07) is 4.78. The third-order valence-electron chi connectivity index (χ3n) is 5.50. The minimum absolute atomic E-state index is 0.128. The highest BCUT2D eigenvalue weighted by Gasteiger charge is 2.65. The Hall–Kier alpha value is -1.27. The standard InChI is InChI=1S/C15H20N2O3S/c1-20-11-7-10(16)4-5-12(11)21(18,19)17-15-13-8-2-3-9(6-8)14(13)15/h4-5,7-9,13-15,17H,2-3,6,16H2,1H3. The quantitative estimate of drug-likeness (QED) is 0.828. The molecular formula is C15H20N2O3S. The number of hydrogen-bond acceptors (Lipinski definition) is 4. The fraction of sp³-hybridized carbons (Fsp3) is 0.600. The highest BCUT2D eigenvalue weighted by Crippen LogP contribution is 2.65. The van der Waals surface area contributed by atoms with Crippen molar-refractivity contribution in [2.24, 2.45) is 23.7 Å². The molecule has 4 rings (SSSR count). The lowest BCUT2D eigenvalue weighted by atomic mass is 10.0. The second kappa shape index (κ2) is 4.36. The largest absolute Gasteiger partial charge is 0.495 e. The van der Waals surface area contributed by atoms with Crippen molar-refractivity contribution < 1.29 is 13.2 Å². The van der Waals surface area contributed by atoms with Gasteiger partial charge in [-0.25, -0.2) is 13.1 Å². The van der Waals surface area contributed by atoms with Gasteiger partial charge in [-0.3, -0.25) is 0 Å². The molecule has 0 saturated heterocycles. The molecule has 0 amide bonds. The summed E-state index contributed by atoms with van der Waals surface area (Å²) in [4.78, 5) is 0.177. The van der Waals surface area contributed by atoms with E-state index in [9.17, 15) is 8.42 Å². The van der Waals surface area contributed by atoms with Crippen LogP contribution >= 0.6 is 0 Å². The summed E-state index contributed by atoms with van der Waals surface area (Å²) in [5, 5.41) is 0. The zero-order chi connectivity index (χ0) is 14.8. The van der Waals surface area contributed by atoms with Gasteiger partial charge in [0.2, 0.25) is 10.0 Å². The van der Waals surface area contributed by atoms with E-state index in [0.29, 0.717) is 23.3 Å². The lowest BCUT2D eigenvalue weighted by molar-refractivity contribution is 0.402. The summed E-state index contributed by atoms with van der Waals surface area (Å²) in [7, 11) is -2.09. The van der Waals surface area contributed by atoms with Gasteiger partial charge in [0.1, 0.15) is 10.6 Å². The molecule has 0 aliphatic heterocycles. The first-order valence-corrected chi connectivity index (χ1v) is 8.95. The maximum absolute atomic E-state index is 12.6. The first-order chi connectivity index (χ1) is 10.0. The average molecular weight is 308 g/mol. The molecule has 0 radical (unpaired) electrons. The lowest BCUT2D eigenvalue weighted by Gasteiger charge is -2.13. The predicted molar refractivity (Wildman–Crippen MR) is 79.3 cm³/mol. The Bertz CT molecular complexity index is 672. The Morgan fingerprint density at radius 1 is 1.24 bits per heavy atom. The van der Waals surface area contributed by atoms with Crippen LogP contribution in [0.4, 0.5) is 5.69 Å². The van der Waals surface area contributed by atoms with Crippen molar-refractivity contribution in [1.29, 1.82) is 0 Å². The van der Waals surface area contributed by atoms with Gasteiger partial charge < -0.3 is 10.5 Å². The number of rotatable bonds is 4. The van der Waals surface area contributed by atoms with Crippen LogP contribution in [0.2, 0.25) is 0 Å². The molecule has 1 aromatic rings. The Morgan fingerprint density at radius 2 is 1.90 bits per heavy atom. The average Bonchev–Trinajstić information content (AvgIpc) is 2.85. The van der Waals surface area contributed by atoms with Crippen molar-refractivity contribution in [3.8, 4) is 5.75 Å². The molecule has 5 nitrogen and oxygen atoms in total. The molecule has 1 aromatic carbocycles. The summed E-state index contributed by atoms with van der Waals surface area (Å²) in [5.41, 5.74) is 6.18. The molecule has 3 saturated carbocycles. The number of nitrogens with one attached hydrogen (secondary N) is 1. The molecular weight excluding hydrogens is 288 g/mol. The number of hydrogen-bond donors (Lipinski definition) is 2. The molecule has 3 aliphatic carbocycles. The Balaban J connectivity index is 1.58. The fourth-order valence-electron chi connectivity index (χ4n) is 4.63. The van der Waals surface area contributed by atoms with Crippen LogP contribution in [0.1, 0.15) is 19.3 Å². The summed E-state index contributed by atoms with van der Waals surface area (Å²) < 4.78 is 33.3. The molecule has 21 heavy (non-hydrogen) atoms. The van der Waals surface area contributed by atoms with Crippen LogP contribution in [-0.4, -0.2) is 21.6 Å². The molecule has 0 spiro atoms. The van der Waals surface area contributed by atoms with Gasteiger partial charge in [0, 0.05) is 17.8 Å². The highest BCUT2D eigenvalue weighted by molar-refractivity contribution is 7.89. The number of fused-ring (bicyclic) bond motifs is 5. The summed E-state index contributed by atoms with van der Waals surface area (Å²) in [6.07, 6.45) is 3.85. The molecule has 3 N–H and O–H groups in total. The number of benzene rings is 1. The molecule has 114 valence electrons. The van der Waals surface area contributed by atoms with E-state index in [-0.39, 0.29) is 10.9 Å². The molecule has 6 heteroatoms. The molecule has 3 aliphatic rings. The van der Waals surface area contributed by atoms with E-state index in [1.165, 1.54) is 32.4 Å². The van der Waals surface area contributed by atoms with E-state index in [0.717, 1.165) is 11.8 Å². The lowest BCUT2D eigenvalue weighted by Crippen LogP contribution is -2.30. The van der Waals surface area contributed by atoms with E-state index in [2.05, 4.69) is 4.72 Å². The minimum atomic E-state index is -3.55. The SMILES string of the molecule is COc1cc(N)ccc1S(=O)(=O)NC1C2C3CCC(C3)C12. The number of nitrogen functional groups attached to an aromatic ring is 1. The van der Waals surface area contributed by atoms with Gasteiger partial charge in [0.15, 0.2) is 0 Å². The Labute approximate surface area is 124 Å². The zero-order valence-electron chi connectivity index (χ0n) is 12.0. The number of ether oxygens (including phenoxy) is 1. The van der Waals surface area contributed by atoms with Crippen molar-refractivity contribution in [3.05, 3.63) is 18.2 Å². The van der Waals surface area contributed by atoms with Gasteiger partial charge >= 0.3 is 0 Å². The van der Waals surface area contributed by atoms with Crippen LogP contribution in [0.15, 0.2) is 23.1 Å². The van der Waals surface area contributed by atoms with E-state index < -0.39 is 10.0 Å². The van der Waals surface area contributed by atoms with E-state index >= 15 is 0 Å². The van der Waals surface area contributed by atoms with E-state index in [4.69, 9.17) is 10.5 Å². The summed E-state index contributed by atoms with van der Waals surface area (Å²) in [6.45, 7) is 0. The summed E-state index contributed by atoms with van der Waals surface area (Å²) in [5.74, 6) is 2.91. The second-order valence-electron chi connectivity index (χ2n) is 6.55. The van der Waals surface area contributed by atoms with Crippen LogP contribution < -0.4 is 15.2 Å². The van der Waals surface area contributed by atoms with Gasteiger partial charge in [0.05, 0.1) is 7.11 Å². The van der Waals surface area contributed by atoms with Gasteiger partial charge in [-0.15, -0.1) is 0 Å². The minimum Gasteiger partial charge on any atom is -0.495 e. The van der Waals surface area contributed by atoms with Crippen LogP contribution in [-0.2, 0) is 10.0 Å². The third kappa shape index (κ3) is 1.96. The molecule has 3 fully saturated rings. The Kier molecular flexibility index (Phi) is 2.78. The topological polar surface area (TPSA) is 81.4 Å². The van der Waals surface area contributed by atoms with Crippen LogP contribution in [0.5, 0.6) is 5.75 Å². The first-order valence-electron chi connectivity index (χ1n) is 7.47. The van der Waals surface area contributed by atoms with Crippen molar-refractivity contribution in [1.82, 2.24) is 4.72 Å². The summed E-state index contributed by atoms with van der Waals surface area (Å²) >= 11 is 0. The first kappa shape index (κ1) is 13.4. The van der Waals surface area contributed by atoms with Crippen molar-refractivity contribution >= 4 is 15.7 Å². The monoisotopic (exact) mass is 308 g/mol. The van der Waals surface area contributed by atoms with Crippen LogP contribution in [0, 0.1) is 23.7 Å². The van der Waals surface area contributed by atoms with Crippen LogP contribution in [0.3, 0.4) is 0 Å². The number of sulfonamides is 1. The third-order valence-corrected chi connectivity index (χ3v) is 7.00. The van der Waals surface area contributed by atoms with E-state index in [1.807, 2.05) is 0 Å². The molecule has 2 bridgehead atoms. The van der Waals surface area contributed by atoms with Gasteiger partial charge in [-0.1, -0.05) is 0 Å². The molecule has 0 aromatic heterocycles. The maximum atomic E-state index is 12.6. The van der Waals surface area contributed by atoms with Crippen LogP contribution in [0.25, 0.3) is 0 Å². The predicted octanol–water partition coefficient (Wildman–Crippen LogP) is 1.60. The van der Waals surface area contributed by atoms with Gasteiger partial charge in [-0.05, 0) is 55.1 Å². The Morgan fingerprint density at radius 3 is 2.52 bits per heavy atom. The number of anilines is 1. The van der Waals surface area contributed by atoms with Crippen molar-refractivity contribution in [2.45, 2.75) is 30.2 Å². The second-order valence-corrected chi connectivity index (χ2v) is 8.23. The van der Waals surface area contributed by atoms with Crippen molar-refractivity contribution in [2.75, 3.05) is 12.8 Å². The smallest absolute Gasteiger partial charge is 0.244 e. The number of nitrogens with two attached hydrogens (primary N) is 1. The molecule has 4 atom stereocenters. The van der Waals surface area contributed by atoms with Gasteiger partial charge in [-0.2, -0.15) is 0 Å². The zero-order valence-corrected chi connectivity index (χ0v) is 12.8. The van der Waals surface area contributed by atoms with Gasteiger partial charge in [0.25, 0.3) is 0 Å². The maximum Gasteiger partial charge on any atom is 0.244 e. The molecule has 4 unspecified atom stereocenters. The normalized spacial score (nSPS) is 36.5. The van der Waals surface area contributed by atoms with Crippen molar-refractivity contribution in [3.63, 3.8) is 0 Å². The number of methoxy groups -OCH3 is 1. The highest BCUT2D eigenvalue weighted by atomic mass is 32.2. The van der Waals surface area contributed by atoms with E-state index in [1.54, 1.807) is 12.1 Å². The fourth-order valence-corrected chi connectivity index (χ4v) is 6.09. The molecule has 0 heterocycles.